The van der Waals surface area contributed by atoms with Crippen molar-refractivity contribution in [3.8, 4) is 0 Å². The van der Waals surface area contributed by atoms with Crippen LogP contribution in [0, 0.1) is 0 Å². The van der Waals surface area contributed by atoms with Gasteiger partial charge in [0.05, 0.1) is 12.2 Å². The van der Waals surface area contributed by atoms with E-state index in [-0.39, 0.29) is 30.1 Å². The van der Waals surface area contributed by atoms with Crippen LogP contribution < -0.4 is 0 Å². The number of benzene rings is 3. The molecule has 1 aliphatic heterocycles. The van der Waals surface area contributed by atoms with Gasteiger partial charge < -0.3 is 0 Å². The van der Waals surface area contributed by atoms with E-state index in [9.17, 15) is 17.6 Å². The van der Waals surface area contributed by atoms with Crippen molar-refractivity contribution in [1.29, 1.82) is 0 Å². The van der Waals surface area contributed by atoms with E-state index in [0.717, 1.165) is 46.7 Å². The van der Waals surface area contributed by atoms with Crippen LogP contribution in [0.1, 0.15) is 52.6 Å². The van der Waals surface area contributed by atoms with Gasteiger partial charge in [0.15, 0.2) is 0 Å². The smallest absolute Gasteiger partial charge is 0.297 e. The molecule has 0 spiro atoms. The Balaban J connectivity index is 1.54. The summed E-state index contributed by atoms with van der Waals surface area (Å²) in [7, 11) is 0. The van der Waals surface area contributed by atoms with Crippen molar-refractivity contribution < 1.29 is 22.0 Å². The van der Waals surface area contributed by atoms with Crippen LogP contribution in [0.3, 0.4) is 0 Å². The van der Waals surface area contributed by atoms with Crippen molar-refractivity contribution in [3.63, 3.8) is 0 Å². The minimum atomic E-state index is -4.55. The van der Waals surface area contributed by atoms with Crippen LogP contribution >= 0.6 is 11.6 Å². The molecule has 3 aromatic rings. The third-order valence-corrected chi connectivity index (χ3v) is 7.69. The molecule has 1 aliphatic carbocycles. The molecule has 0 amide bonds. The molecular weight excluding hydrogens is 517 g/mol. The van der Waals surface area contributed by atoms with Gasteiger partial charge in [-0.25, -0.2) is 4.39 Å². The minimum absolute atomic E-state index is 0.0426. The minimum Gasteiger partial charge on any atom is -0.297 e. The predicted octanol–water partition coefficient (Wildman–Crippen LogP) is 8.58. The zero-order valence-electron chi connectivity index (χ0n) is 20.9. The molecule has 1 heterocycles. The number of halogens is 6. The lowest BCUT2D eigenvalue weighted by Crippen LogP contribution is -2.60. The van der Waals surface area contributed by atoms with Gasteiger partial charge >= 0.3 is 6.18 Å². The molecule has 0 saturated carbocycles. The molecule has 1 nitrogen and oxygen atoms in total. The fraction of sp³-hybridized carbons (Fsp3) is 0.355. The molecule has 0 radical (unpaired) electrons. The summed E-state index contributed by atoms with van der Waals surface area (Å²) >= 11 is 5.98. The second-order valence-corrected chi connectivity index (χ2v) is 10.8. The number of likely N-dealkylation sites (tertiary alicyclic amines) is 1. The van der Waals surface area contributed by atoms with Gasteiger partial charge in [0.25, 0.3) is 0 Å². The number of fused-ring (bicyclic) bond motifs is 1. The number of allylic oxidation sites excluding steroid dienone is 1. The normalized spacial score (nSPS) is 17.6. The molecule has 5 rings (SSSR count). The lowest BCUT2D eigenvalue weighted by atomic mass is 9.84. The molecule has 1 fully saturated rings. The lowest BCUT2D eigenvalue weighted by molar-refractivity contribution is -0.137. The highest BCUT2D eigenvalue weighted by Crippen LogP contribution is 2.44. The van der Waals surface area contributed by atoms with Crippen LogP contribution in [-0.4, -0.2) is 36.9 Å². The fourth-order valence-corrected chi connectivity index (χ4v) is 5.97. The third-order valence-electron chi connectivity index (χ3n) is 7.46. The van der Waals surface area contributed by atoms with E-state index in [0.29, 0.717) is 25.0 Å². The van der Waals surface area contributed by atoms with Crippen LogP contribution in [0.2, 0.25) is 5.02 Å². The van der Waals surface area contributed by atoms with Gasteiger partial charge in [-0.2, -0.15) is 13.2 Å². The highest BCUT2D eigenvalue weighted by atomic mass is 35.5. The van der Waals surface area contributed by atoms with Gasteiger partial charge in [-0.3, -0.25) is 9.29 Å². The molecule has 0 unspecified atom stereocenters. The second kappa shape index (κ2) is 10.8. The quantitative estimate of drug-likeness (QED) is 0.269. The first-order valence-corrected chi connectivity index (χ1v) is 13.3. The summed E-state index contributed by atoms with van der Waals surface area (Å²) in [6, 6.07) is 19.3. The SMILES string of the molecule is FCCCN1CC(F)(Cc2ccc(C3=C(c4ccc(Cl)cc4C(F)(F)F)CCCc4ccccc43)cc2)C1. The molecule has 2 aliphatic rings. The largest absolute Gasteiger partial charge is 0.417 e. The number of hydrogen-bond acceptors (Lipinski definition) is 1. The van der Waals surface area contributed by atoms with Gasteiger partial charge in [-0.15, -0.1) is 0 Å². The number of alkyl halides is 5. The maximum Gasteiger partial charge on any atom is 0.417 e. The molecule has 0 atom stereocenters. The number of hydrogen-bond donors (Lipinski definition) is 0. The number of aryl methyl sites for hydroxylation is 1. The predicted molar refractivity (Wildman–Crippen MR) is 143 cm³/mol. The standard InChI is InChI=1S/C31H29ClF5N/c32-24-13-14-26(28(17-24)31(35,36)37)27-8-3-6-22-5-1-2-7-25(22)29(27)23-11-9-21(10-12-23)18-30(34)19-38(20-30)16-4-15-33/h1-2,5,7,9-14,17H,3-4,6,8,15-16,18-20H2. The average molecular weight is 546 g/mol. The van der Waals surface area contributed by atoms with Crippen LogP contribution in [-0.2, 0) is 19.0 Å². The molecule has 7 heteroatoms. The van der Waals surface area contributed by atoms with E-state index < -0.39 is 24.1 Å². The molecule has 200 valence electrons. The summed E-state index contributed by atoms with van der Waals surface area (Å²) in [5, 5.41) is 0.0426. The Morgan fingerprint density at radius 2 is 1.63 bits per heavy atom. The summed E-state index contributed by atoms with van der Waals surface area (Å²) in [6.45, 7) is 0.725. The Kier molecular flexibility index (Phi) is 7.65. The average Bonchev–Trinajstić information content (AvgIpc) is 3.06. The van der Waals surface area contributed by atoms with Crippen molar-refractivity contribution in [3.05, 3.63) is 105 Å². The van der Waals surface area contributed by atoms with E-state index >= 15 is 4.39 Å². The molecule has 0 aromatic heterocycles. The third kappa shape index (κ3) is 5.67. The molecule has 1 saturated heterocycles. The van der Waals surface area contributed by atoms with Crippen molar-refractivity contribution in [2.45, 2.75) is 43.9 Å². The summed E-state index contributed by atoms with van der Waals surface area (Å²) < 4.78 is 69.9. The lowest BCUT2D eigenvalue weighted by Gasteiger charge is -2.44. The summed E-state index contributed by atoms with van der Waals surface area (Å²) in [4.78, 5) is 1.91. The van der Waals surface area contributed by atoms with Gasteiger partial charge in [-0.1, -0.05) is 66.2 Å². The summed E-state index contributed by atoms with van der Waals surface area (Å²) in [5.74, 6) is 0. The van der Waals surface area contributed by atoms with Gasteiger partial charge in [0.1, 0.15) is 5.67 Å². The van der Waals surface area contributed by atoms with Crippen molar-refractivity contribution in [1.82, 2.24) is 4.90 Å². The monoisotopic (exact) mass is 545 g/mol. The number of nitrogens with zero attached hydrogens (tertiary/aromatic N) is 1. The van der Waals surface area contributed by atoms with E-state index in [1.165, 1.54) is 12.1 Å². The maximum absolute atomic E-state index is 15.2. The van der Waals surface area contributed by atoms with Crippen LogP contribution in [0.25, 0.3) is 11.1 Å². The van der Waals surface area contributed by atoms with E-state index in [1.807, 2.05) is 53.4 Å². The van der Waals surface area contributed by atoms with E-state index in [4.69, 9.17) is 11.6 Å². The van der Waals surface area contributed by atoms with Gasteiger partial charge in [0, 0.05) is 31.1 Å². The highest BCUT2D eigenvalue weighted by molar-refractivity contribution is 6.30. The van der Waals surface area contributed by atoms with Crippen LogP contribution in [0.15, 0.2) is 66.7 Å². The summed E-state index contributed by atoms with van der Waals surface area (Å²) in [5.41, 5.74) is 3.10. The number of rotatable bonds is 7. The Labute approximate surface area is 224 Å². The Morgan fingerprint density at radius 3 is 2.34 bits per heavy atom. The molecule has 38 heavy (non-hydrogen) atoms. The first kappa shape index (κ1) is 26.9. The molecule has 3 aromatic carbocycles. The van der Waals surface area contributed by atoms with Gasteiger partial charge in [-0.05, 0) is 76.8 Å². The Morgan fingerprint density at radius 1 is 0.895 bits per heavy atom. The van der Waals surface area contributed by atoms with Crippen molar-refractivity contribution >= 4 is 22.7 Å². The molecule has 0 bridgehead atoms. The fourth-order valence-electron chi connectivity index (χ4n) is 5.80. The first-order valence-electron chi connectivity index (χ1n) is 12.9. The summed E-state index contributed by atoms with van der Waals surface area (Å²) in [6.07, 6.45) is -1.93. The van der Waals surface area contributed by atoms with Crippen LogP contribution in [0.5, 0.6) is 0 Å². The zero-order chi connectivity index (χ0) is 26.9. The van der Waals surface area contributed by atoms with Crippen molar-refractivity contribution in [2.75, 3.05) is 26.3 Å². The molecular formula is C31H29ClF5N. The topological polar surface area (TPSA) is 3.24 Å². The van der Waals surface area contributed by atoms with Gasteiger partial charge in [0.2, 0.25) is 0 Å². The molecule has 0 N–H and O–H groups in total. The highest BCUT2D eigenvalue weighted by Gasteiger charge is 2.43. The van der Waals surface area contributed by atoms with E-state index in [2.05, 4.69) is 0 Å². The maximum atomic E-state index is 15.2. The van der Waals surface area contributed by atoms with Crippen molar-refractivity contribution in [2.24, 2.45) is 0 Å². The second-order valence-electron chi connectivity index (χ2n) is 10.3. The Hall–Kier alpha value is -2.70. The van der Waals surface area contributed by atoms with Crippen LogP contribution in [0.4, 0.5) is 22.0 Å². The Bertz CT molecular complexity index is 1320. The first-order chi connectivity index (χ1) is 18.2. The zero-order valence-corrected chi connectivity index (χ0v) is 21.7. The van der Waals surface area contributed by atoms with E-state index in [1.54, 1.807) is 0 Å².